The molecule has 0 saturated carbocycles. The standard InChI is InChI=1S/C20H20N2O6/c1-11(22-19(24)13-7-5-6-8-14(13)20(22)25)18(23)21-12-9-15(26-2)17(28-4)16(10-12)27-3/h5-11H,1-4H3,(H,21,23). The number of hydrogen-bond donors (Lipinski definition) is 1. The molecule has 0 spiro atoms. The van der Waals surface area contributed by atoms with Gasteiger partial charge >= 0.3 is 0 Å². The largest absolute Gasteiger partial charge is 0.493 e. The summed E-state index contributed by atoms with van der Waals surface area (Å²) in [5.41, 5.74) is 0.961. The summed E-state index contributed by atoms with van der Waals surface area (Å²) in [7, 11) is 4.40. The normalized spacial score (nSPS) is 13.8. The molecule has 28 heavy (non-hydrogen) atoms. The Balaban J connectivity index is 1.84. The minimum absolute atomic E-state index is 0.292. The van der Waals surface area contributed by atoms with Crippen molar-refractivity contribution < 1.29 is 28.6 Å². The van der Waals surface area contributed by atoms with E-state index in [1.807, 2.05) is 0 Å². The molecule has 3 rings (SSSR count). The van der Waals surface area contributed by atoms with E-state index in [2.05, 4.69) is 5.32 Å². The molecule has 8 nitrogen and oxygen atoms in total. The van der Waals surface area contributed by atoms with Crippen molar-refractivity contribution in [3.05, 3.63) is 47.5 Å². The van der Waals surface area contributed by atoms with Gasteiger partial charge in [-0.1, -0.05) is 12.1 Å². The third kappa shape index (κ3) is 3.13. The Morgan fingerprint density at radius 1 is 0.929 bits per heavy atom. The summed E-state index contributed by atoms with van der Waals surface area (Å²) in [4.78, 5) is 38.8. The summed E-state index contributed by atoms with van der Waals surface area (Å²) >= 11 is 0. The average molecular weight is 384 g/mol. The van der Waals surface area contributed by atoms with Gasteiger partial charge in [0, 0.05) is 17.8 Å². The fraction of sp³-hybridized carbons (Fsp3) is 0.250. The lowest BCUT2D eigenvalue weighted by Crippen LogP contribution is -2.45. The number of fused-ring (bicyclic) bond motifs is 1. The van der Waals surface area contributed by atoms with E-state index in [1.54, 1.807) is 36.4 Å². The molecule has 0 fully saturated rings. The van der Waals surface area contributed by atoms with E-state index in [0.29, 0.717) is 34.1 Å². The molecule has 0 aliphatic carbocycles. The van der Waals surface area contributed by atoms with Crippen LogP contribution in [0.5, 0.6) is 17.2 Å². The highest BCUT2D eigenvalue weighted by molar-refractivity contribution is 6.23. The van der Waals surface area contributed by atoms with E-state index in [-0.39, 0.29) is 0 Å². The van der Waals surface area contributed by atoms with Crippen LogP contribution in [-0.4, -0.2) is 50.0 Å². The minimum atomic E-state index is -1.01. The van der Waals surface area contributed by atoms with E-state index >= 15 is 0 Å². The van der Waals surface area contributed by atoms with Crippen LogP contribution in [0.2, 0.25) is 0 Å². The zero-order valence-corrected chi connectivity index (χ0v) is 15.9. The van der Waals surface area contributed by atoms with Crippen LogP contribution in [0, 0.1) is 0 Å². The van der Waals surface area contributed by atoms with Crippen molar-refractivity contribution in [2.45, 2.75) is 13.0 Å². The molecule has 3 amide bonds. The molecule has 1 aliphatic rings. The molecular weight excluding hydrogens is 364 g/mol. The van der Waals surface area contributed by atoms with Gasteiger partial charge in [0.05, 0.1) is 32.5 Å². The Morgan fingerprint density at radius 2 is 1.43 bits per heavy atom. The maximum atomic E-state index is 12.7. The van der Waals surface area contributed by atoms with Gasteiger partial charge in [-0.2, -0.15) is 0 Å². The van der Waals surface area contributed by atoms with Crippen LogP contribution in [-0.2, 0) is 4.79 Å². The average Bonchev–Trinajstić information content (AvgIpc) is 2.97. The molecule has 2 aromatic carbocycles. The lowest BCUT2D eigenvalue weighted by Gasteiger charge is -2.22. The molecule has 1 N–H and O–H groups in total. The highest BCUT2D eigenvalue weighted by atomic mass is 16.5. The molecule has 1 atom stereocenters. The van der Waals surface area contributed by atoms with Gasteiger partial charge in [-0.25, -0.2) is 0 Å². The number of methoxy groups -OCH3 is 3. The number of carbonyl (C=O) groups excluding carboxylic acids is 3. The van der Waals surface area contributed by atoms with E-state index in [4.69, 9.17) is 14.2 Å². The molecule has 0 bridgehead atoms. The van der Waals surface area contributed by atoms with Crippen LogP contribution < -0.4 is 19.5 Å². The van der Waals surface area contributed by atoms with Crippen molar-refractivity contribution in [3.8, 4) is 17.2 Å². The number of anilines is 1. The van der Waals surface area contributed by atoms with Gasteiger partial charge in [0.25, 0.3) is 11.8 Å². The zero-order chi connectivity index (χ0) is 20.4. The highest BCUT2D eigenvalue weighted by Crippen LogP contribution is 2.40. The second-order valence-electron chi connectivity index (χ2n) is 6.11. The zero-order valence-electron chi connectivity index (χ0n) is 15.9. The Morgan fingerprint density at radius 3 is 1.86 bits per heavy atom. The number of carbonyl (C=O) groups is 3. The van der Waals surface area contributed by atoms with Crippen LogP contribution in [0.1, 0.15) is 27.6 Å². The van der Waals surface area contributed by atoms with Gasteiger partial charge < -0.3 is 19.5 Å². The van der Waals surface area contributed by atoms with Crippen LogP contribution in [0.4, 0.5) is 5.69 Å². The lowest BCUT2D eigenvalue weighted by atomic mass is 10.1. The number of rotatable bonds is 6. The Bertz CT molecular complexity index is 895. The molecule has 1 aliphatic heterocycles. The van der Waals surface area contributed by atoms with Gasteiger partial charge in [-0.15, -0.1) is 0 Å². The number of hydrogen-bond acceptors (Lipinski definition) is 6. The molecule has 2 aromatic rings. The van der Waals surface area contributed by atoms with Crippen molar-refractivity contribution in [1.82, 2.24) is 4.90 Å². The summed E-state index contributed by atoms with van der Waals surface area (Å²) in [5.74, 6) is -0.391. The van der Waals surface area contributed by atoms with Crippen LogP contribution >= 0.6 is 0 Å². The first-order chi connectivity index (χ1) is 13.4. The molecule has 0 saturated heterocycles. The van der Waals surface area contributed by atoms with Crippen molar-refractivity contribution in [2.75, 3.05) is 26.6 Å². The Labute approximate surface area is 162 Å². The lowest BCUT2D eigenvalue weighted by molar-refractivity contribution is -0.119. The topological polar surface area (TPSA) is 94.2 Å². The summed E-state index contributed by atoms with van der Waals surface area (Å²) in [6, 6.07) is 8.61. The van der Waals surface area contributed by atoms with E-state index in [1.165, 1.54) is 28.3 Å². The fourth-order valence-corrected chi connectivity index (χ4v) is 3.08. The number of benzene rings is 2. The van der Waals surface area contributed by atoms with Crippen LogP contribution in [0.15, 0.2) is 36.4 Å². The number of nitrogens with zero attached hydrogens (tertiary/aromatic N) is 1. The number of imide groups is 1. The predicted molar refractivity (Wildman–Crippen MR) is 101 cm³/mol. The molecule has 1 heterocycles. The summed E-state index contributed by atoms with van der Waals surface area (Å²) in [6.45, 7) is 1.50. The first kappa shape index (κ1) is 19.2. The molecule has 1 unspecified atom stereocenters. The summed E-state index contributed by atoms with van der Waals surface area (Å²) in [5, 5.41) is 2.69. The number of amides is 3. The van der Waals surface area contributed by atoms with Crippen molar-refractivity contribution in [3.63, 3.8) is 0 Å². The first-order valence-corrected chi connectivity index (χ1v) is 8.50. The summed E-state index contributed by atoms with van der Waals surface area (Å²) in [6.07, 6.45) is 0. The number of nitrogens with one attached hydrogen (secondary N) is 1. The van der Waals surface area contributed by atoms with Crippen molar-refractivity contribution in [1.29, 1.82) is 0 Å². The first-order valence-electron chi connectivity index (χ1n) is 8.50. The second-order valence-corrected chi connectivity index (χ2v) is 6.11. The van der Waals surface area contributed by atoms with Crippen molar-refractivity contribution >= 4 is 23.4 Å². The molecule has 0 radical (unpaired) electrons. The molecule has 146 valence electrons. The number of ether oxygens (including phenoxy) is 3. The quantitative estimate of drug-likeness (QED) is 0.769. The minimum Gasteiger partial charge on any atom is -0.493 e. The van der Waals surface area contributed by atoms with Crippen molar-refractivity contribution in [2.24, 2.45) is 0 Å². The second kappa shape index (κ2) is 7.59. The van der Waals surface area contributed by atoms with Gasteiger partial charge in [0.15, 0.2) is 11.5 Å². The van der Waals surface area contributed by atoms with Gasteiger partial charge in [0.1, 0.15) is 6.04 Å². The maximum Gasteiger partial charge on any atom is 0.262 e. The van der Waals surface area contributed by atoms with Gasteiger partial charge in [-0.05, 0) is 19.1 Å². The Kier molecular flexibility index (Phi) is 5.21. The third-order valence-electron chi connectivity index (χ3n) is 4.52. The maximum absolute atomic E-state index is 12.7. The third-order valence-corrected chi connectivity index (χ3v) is 4.52. The molecular formula is C20H20N2O6. The molecule has 0 aromatic heterocycles. The highest BCUT2D eigenvalue weighted by Gasteiger charge is 2.40. The smallest absolute Gasteiger partial charge is 0.262 e. The van der Waals surface area contributed by atoms with E-state index in [9.17, 15) is 14.4 Å². The summed E-state index contributed by atoms with van der Waals surface area (Å²) < 4.78 is 15.8. The molecule has 8 heteroatoms. The van der Waals surface area contributed by atoms with E-state index < -0.39 is 23.8 Å². The van der Waals surface area contributed by atoms with Crippen LogP contribution in [0.25, 0.3) is 0 Å². The predicted octanol–water partition coefficient (Wildman–Crippen LogP) is 2.34. The Hall–Kier alpha value is -3.55. The van der Waals surface area contributed by atoms with E-state index in [0.717, 1.165) is 4.90 Å². The van der Waals surface area contributed by atoms with Crippen LogP contribution in [0.3, 0.4) is 0 Å². The monoisotopic (exact) mass is 384 g/mol. The fourth-order valence-electron chi connectivity index (χ4n) is 3.08. The SMILES string of the molecule is COc1cc(NC(=O)C(C)N2C(=O)c3ccccc3C2=O)cc(OC)c1OC. The van der Waals surface area contributed by atoms with Gasteiger partial charge in [-0.3, -0.25) is 19.3 Å². The van der Waals surface area contributed by atoms with Gasteiger partial charge in [0.2, 0.25) is 11.7 Å².